The van der Waals surface area contributed by atoms with Crippen LogP contribution in [0.25, 0.3) is 0 Å². The average molecular weight is 337 g/mol. The van der Waals surface area contributed by atoms with Crippen molar-refractivity contribution in [2.24, 2.45) is 0 Å². The third-order valence-corrected chi connectivity index (χ3v) is 3.79. The van der Waals surface area contributed by atoms with Crippen LogP contribution < -0.4 is 0 Å². The van der Waals surface area contributed by atoms with Crippen LogP contribution in [0.2, 0.25) is 0 Å². The maximum Gasteiger partial charge on any atom is 0.132 e. The smallest absolute Gasteiger partial charge is 0.132 e. The van der Waals surface area contributed by atoms with E-state index in [4.69, 9.17) is 15.0 Å². The Morgan fingerprint density at radius 3 is 0.958 bits per heavy atom. The highest BCUT2D eigenvalue weighted by Gasteiger charge is 2.08. The highest BCUT2D eigenvalue weighted by molar-refractivity contribution is 4.99. The van der Waals surface area contributed by atoms with Crippen molar-refractivity contribution in [3.05, 3.63) is 17.5 Å². The van der Waals surface area contributed by atoms with Gasteiger partial charge in [0.05, 0.1) is 0 Å². The van der Waals surface area contributed by atoms with Crippen LogP contribution in [0, 0.1) is 0 Å². The molecule has 0 spiro atoms. The first-order valence-corrected chi connectivity index (χ1v) is 9.03. The molecule has 6 heteroatoms. The molecule has 0 aromatic carbocycles. The molecule has 0 saturated carbocycles. The van der Waals surface area contributed by atoms with Crippen molar-refractivity contribution in [3.63, 3.8) is 0 Å². The first kappa shape index (κ1) is 20.9. The Hall–Kier alpha value is -1.11. The molecule has 1 heterocycles. The van der Waals surface area contributed by atoms with Gasteiger partial charge in [0.1, 0.15) is 17.5 Å². The number of aromatic nitrogens is 3. The lowest BCUT2D eigenvalue weighted by atomic mass is 10.2. The predicted octanol–water partition coefficient (Wildman–Crippen LogP) is 1.35. The van der Waals surface area contributed by atoms with E-state index in [1.165, 1.54) is 0 Å². The Bertz CT molecular complexity index is 380. The summed E-state index contributed by atoms with van der Waals surface area (Å²) in [6.45, 7) is 3.20. The summed E-state index contributed by atoms with van der Waals surface area (Å²) in [4.78, 5) is 20.7. The van der Waals surface area contributed by atoms with Crippen LogP contribution in [0.4, 0.5) is 0 Å². The van der Waals surface area contributed by atoms with Gasteiger partial charge >= 0.3 is 0 Å². The van der Waals surface area contributed by atoms with E-state index in [-0.39, 0.29) is 0 Å². The number of aryl methyl sites for hydroxylation is 3. The third-order valence-electron chi connectivity index (χ3n) is 3.79. The quantitative estimate of drug-likeness (QED) is 0.574. The molecule has 1 aromatic heterocycles. The molecule has 1 aromatic rings. The largest absolute Gasteiger partial charge is 0.309 e. The van der Waals surface area contributed by atoms with E-state index >= 15 is 0 Å². The van der Waals surface area contributed by atoms with Gasteiger partial charge in [0, 0.05) is 19.3 Å². The molecule has 0 unspecified atom stereocenters. The van der Waals surface area contributed by atoms with Crippen molar-refractivity contribution in [2.45, 2.75) is 38.5 Å². The summed E-state index contributed by atoms with van der Waals surface area (Å²) in [6.07, 6.45) is 6.06. The van der Waals surface area contributed by atoms with Crippen LogP contribution >= 0.6 is 0 Å². The van der Waals surface area contributed by atoms with Crippen LogP contribution in [0.1, 0.15) is 36.7 Å². The summed E-state index contributed by atoms with van der Waals surface area (Å²) >= 11 is 0. The van der Waals surface area contributed by atoms with E-state index in [9.17, 15) is 0 Å². The van der Waals surface area contributed by atoms with Crippen LogP contribution in [-0.2, 0) is 19.3 Å². The Kier molecular flexibility index (Phi) is 9.98. The normalized spacial score (nSPS) is 11.9. The van der Waals surface area contributed by atoms with E-state index in [1.54, 1.807) is 0 Å². The second-order valence-corrected chi connectivity index (χ2v) is 7.30. The van der Waals surface area contributed by atoms with Gasteiger partial charge in [-0.15, -0.1) is 0 Å². The van der Waals surface area contributed by atoms with E-state index in [1.807, 2.05) is 0 Å². The van der Waals surface area contributed by atoms with Crippen molar-refractivity contribution in [1.82, 2.24) is 29.7 Å². The third kappa shape index (κ3) is 9.90. The summed E-state index contributed by atoms with van der Waals surface area (Å²) in [7, 11) is 12.6. The molecule has 0 aliphatic rings. The lowest BCUT2D eigenvalue weighted by molar-refractivity contribution is 0.393. The Morgan fingerprint density at radius 1 is 0.500 bits per heavy atom. The molecular weight excluding hydrogens is 300 g/mol. The molecule has 0 aliphatic carbocycles. The van der Waals surface area contributed by atoms with Gasteiger partial charge in [-0.2, -0.15) is 0 Å². The molecule has 0 amide bonds. The summed E-state index contributed by atoms with van der Waals surface area (Å²) in [6, 6.07) is 0. The lowest BCUT2D eigenvalue weighted by Crippen LogP contribution is -2.17. The molecule has 0 N–H and O–H groups in total. The summed E-state index contributed by atoms with van der Waals surface area (Å²) in [5, 5.41) is 0. The maximum atomic E-state index is 4.70. The average Bonchev–Trinajstić information content (AvgIpc) is 2.46. The zero-order chi connectivity index (χ0) is 17.9. The summed E-state index contributed by atoms with van der Waals surface area (Å²) < 4.78 is 0. The van der Waals surface area contributed by atoms with Gasteiger partial charge in [0.2, 0.25) is 0 Å². The van der Waals surface area contributed by atoms with Gasteiger partial charge in [-0.05, 0) is 81.2 Å². The minimum Gasteiger partial charge on any atom is -0.309 e. The first-order chi connectivity index (χ1) is 11.4. The first-order valence-electron chi connectivity index (χ1n) is 9.03. The molecule has 0 saturated heterocycles. The zero-order valence-electron chi connectivity index (χ0n) is 16.5. The van der Waals surface area contributed by atoms with Gasteiger partial charge in [0.15, 0.2) is 0 Å². The van der Waals surface area contributed by atoms with Gasteiger partial charge in [0.25, 0.3) is 0 Å². The number of nitrogens with zero attached hydrogens (tertiary/aromatic N) is 6. The molecule has 1 rings (SSSR count). The predicted molar refractivity (Wildman–Crippen MR) is 100 cm³/mol. The second kappa shape index (κ2) is 11.4. The van der Waals surface area contributed by atoms with Crippen molar-refractivity contribution in [2.75, 3.05) is 61.9 Å². The maximum absolute atomic E-state index is 4.70. The number of hydrogen-bond acceptors (Lipinski definition) is 6. The Morgan fingerprint density at radius 2 is 0.750 bits per heavy atom. The highest BCUT2D eigenvalue weighted by atomic mass is 15.1. The topological polar surface area (TPSA) is 48.4 Å². The van der Waals surface area contributed by atoms with E-state index in [0.29, 0.717) is 0 Å². The fourth-order valence-corrected chi connectivity index (χ4v) is 2.52. The molecular formula is C18H36N6. The van der Waals surface area contributed by atoms with E-state index in [2.05, 4.69) is 57.0 Å². The van der Waals surface area contributed by atoms with Gasteiger partial charge < -0.3 is 14.7 Å². The van der Waals surface area contributed by atoms with E-state index < -0.39 is 0 Å². The molecule has 0 atom stereocenters. The van der Waals surface area contributed by atoms with Crippen LogP contribution in [0.15, 0.2) is 0 Å². The molecule has 24 heavy (non-hydrogen) atoms. The van der Waals surface area contributed by atoms with Gasteiger partial charge in [-0.3, -0.25) is 0 Å². The Labute approximate surface area is 148 Å². The molecule has 0 aliphatic heterocycles. The van der Waals surface area contributed by atoms with Gasteiger partial charge in [-0.1, -0.05) is 0 Å². The second-order valence-electron chi connectivity index (χ2n) is 7.30. The minimum absolute atomic E-state index is 0.933. The lowest BCUT2D eigenvalue weighted by Gasteiger charge is -2.12. The minimum atomic E-state index is 0.933. The Balaban J connectivity index is 2.68. The fourth-order valence-electron chi connectivity index (χ4n) is 2.52. The standard InChI is InChI=1S/C18H36N6/c1-22(2)13-7-10-16-19-17(11-8-14-23(3)4)21-18(20-16)12-9-15-24(5)6/h7-15H2,1-6H3. The molecule has 0 radical (unpaired) electrons. The van der Waals surface area contributed by atoms with Gasteiger partial charge in [-0.25, -0.2) is 15.0 Å². The summed E-state index contributed by atoms with van der Waals surface area (Å²) in [5.74, 6) is 2.89. The van der Waals surface area contributed by atoms with Crippen molar-refractivity contribution in [1.29, 1.82) is 0 Å². The summed E-state index contributed by atoms with van der Waals surface area (Å²) in [5.41, 5.74) is 0. The van der Waals surface area contributed by atoms with Crippen molar-refractivity contribution < 1.29 is 0 Å². The van der Waals surface area contributed by atoms with Crippen LogP contribution in [-0.4, -0.2) is 91.6 Å². The fraction of sp³-hybridized carbons (Fsp3) is 0.833. The monoisotopic (exact) mass is 336 g/mol. The zero-order valence-corrected chi connectivity index (χ0v) is 16.5. The van der Waals surface area contributed by atoms with Crippen LogP contribution in [0.3, 0.4) is 0 Å². The van der Waals surface area contributed by atoms with Crippen LogP contribution in [0.5, 0.6) is 0 Å². The SMILES string of the molecule is CN(C)CCCc1nc(CCCN(C)C)nc(CCCN(C)C)n1. The molecule has 0 bridgehead atoms. The molecule has 138 valence electrons. The molecule has 6 nitrogen and oxygen atoms in total. The van der Waals surface area contributed by atoms with Crippen molar-refractivity contribution >= 4 is 0 Å². The number of rotatable bonds is 12. The van der Waals surface area contributed by atoms with E-state index in [0.717, 1.165) is 75.6 Å². The number of hydrogen-bond donors (Lipinski definition) is 0. The molecule has 0 fully saturated rings. The highest BCUT2D eigenvalue weighted by Crippen LogP contribution is 2.05. The van der Waals surface area contributed by atoms with Crippen molar-refractivity contribution in [3.8, 4) is 0 Å².